The molecular weight excluding hydrogens is 472 g/mol. The Balaban J connectivity index is 1.62. The van der Waals surface area contributed by atoms with Crippen molar-refractivity contribution in [2.45, 2.75) is 55.8 Å². The molecule has 0 saturated heterocycles. The predicted octanol–water partition coefficient (Wildman–Crippen LogP) is 5.14. The fraction of sp³-hybridized carbons (Fsp3) is 0.458. The number of carbonyl (C=O) groups is 1. The van der Waals surface area contributed by atoms with Crippen molar-refractivity contribution in [3.05, 3.63) is 58.1 Å². The average Bonchev–Trinajstić information content (AvgIpc) is 2.87. The molecule has 2 aliphatic carbocycles. The monoisotopic (exact) mass is 497 g/mol. The molecule has 2 aliphatic rings. The summed E-state index contributed by atoms with van der Waals surface area (Å²) in [5.74, 6) is -2.79. The van der Waals surface area contributed by atoms with E-state index in [2.05, 4.69) is 5.32 Å². The lowest BCUT2D eigenvalue weighted by Crippen LogP contribution is -2.46. The van der Waals surface area contributed by atoms with Crippen LogP contribution < -0.4 is 5.32 Å². The second-order valence-corrected chi connectivity index (χ2v) is 12.1. The Kier molecular flexibility index (Phi) is 6.08. The van der Waals surface area contributed by atoms with Gasteiger partial charge in [-0.25, -0.2) is 17.2 Å². The van der Waals surface area contributed by atoms with Gasteiger partial charge in [0.2, 0.25) is 0 Å². The highest BCUT2D eigenvalue weighted by molar-refractivity contribution is 7.92. The first-order valence-corrected chi connectivity index (χ1v) is 12.8. The Morgan fingerprint density at radius 1 is 1.18 bits per heavy atom. The SMILES string of the molecule is Cc1c(NC(=O)c2ccc(Cl)c(S(=O)(=O)C3CC4[C@@H](C)C[C@@H](C3)[C@@]4(C)O)c2)ccc(F)c1F. The Bertz CT molecular complexity index is 1230. The van der Waals surface area contributed by atoms with Gasteiger partial charge in [-0.15, -0.1) is 0 Å². The van der Waals surface area contributed by atoms with E-state index in [9.17, 15) is 27.1 Å². The molecule has 2 aromatic rings. The van der Waals surface area contributed by atoms with Gasteiger partial charge in [-0.05, 0) is 81.2 Å². The fourth-order valence-corrected chi connectivity index (χ4v) is 7.89. The van der Waals surface area contributed by atoms with Gasteiger partial charge >= 0.3 is 0 Å². The third kappa shape index (κ3) is 4.06. The van der Waals surface area contributed by atoms with Crippen LogP contribution in [0.5, 0.6) is 0 Å². The molecule has 4 rings (SSSR count). The molecule has 9 heteroatoms. The molecule has 2 bridgehead atoms. The smallest absolute Gasteiger partial charge is 0.255 e. The van der Waals surface area contributed by atoms with Gasteiger partial charge in [0.25, 0.3) is 5.91 Å². The third-order valence-corrected chi connectivity index (χ3v) is 10.2. The molecule has 0 aliphatic heterocycles. The number of carbonyl (C=O) groups excluding carboxylic acids is 1. The summed E-state index contributed by atoms with van der Waals surface area (Å²) in [6, 6.07) is 6.09. The number of nitrogens with one attached hydrogen (secondary N) is 1. The minimum Gasteiger partial charge on any atom is -0.390 e. The van der Waals surface area contributed by atoms with Crippen molar-refractivity contribution in [2.24, 2.45) is 17.8 Å². The van der Waals surface area contributed by atoms with Gasteiger partial charge in [-0.2, -0.15) is 0 Å². The van der Waals surface area contributed by atoms with Crippen LogP contribution >= 0.6 is 11.6 Å². The van der Waals surface area contributed by atoms with E-state index in [1.54, 1.807) is 6.92 Å². The summed E-state index contributed by atoms with van der Waals surface area (Å²) < 4.78 is 54.3. The van der Waals surface area contributed by atoms with Gasteiger partial charge in [0.15, 0.2) is 21.5 Å². The highest BCUT2D eigenvalue weighted by atomic mass is 35.5. The van der Waals surface area contributed by atoms with E-state index in [1.807, 2.05) is 6.92 Å². The van der Waals surface area contributed by atoms with E-state index in [0.717, 1.165) is 12.5 Å². The number of rotatable bonds is 4. The van der Waals surface area contributed by atoms with Crippen LogP contribution in [0.2, 0.25) is 5.02 Å². The maximum absolute atomic E-state index is 13.8. The molecule has 2 aromatic carbocycles. The molecule has 5 nitrogen and oxygen atoms in total. The Labute approximate surface area is 197 Å². The Hall–Kier alpha value is -2.03. The standard InChI is InChI=1S/C24H26ClF2NO4S/c1-12-8-15-10-16(11-17(12)24(15,3)30)33(31,32)21-9-14(4-5-18(21)25)23(29)28-20-7-6-19(26)22(27)13(20)2/h4-7,9,12,15-17,30H,8,10-11H2,1-3H3,(H,28,29)/t12-,15-,16?,17?,24+/m0/s1. The van der Waals surface area contributed by atoms with Crippen LogP contribution in [0.25, 0.3) is 0 Å². The zero-order chi connectivity index (χ0) is 24.3. The van der Waals surface area contributed by atoms with Crippen LogP contribution in [0.15, 0.2) is 35.2 Å². The van der Waals surface area contributed by atoms with Crippen LogP contribution in [0.4, 0.5) is 14.5 Å². The molecule has 5 atom stereocenters. The summed E-state index contributed by atoms with van der Waals surface area (Å²) in [5.41, 5.74) is -0.845. The van der Waals surface area contributed by atoms with Crippen LogP contribution in [0.3, 0.4) is 0 Å². The molecular formula is C24H26ClF2NO4S. The maximum Gasteiger partial charge on any atom is 0.255 e. The molecule has 178 valence electrons. The van der Waals surface area contributed by atoms with Crippen molar-refractivity contribution in [3.63, 3.8) is 0 Å². The van der Waals surface area contributed by atoms with Gasteiger partial charge in [0.05, 0.1) is 20.8 Å². The number of hydrogen-bond donors (Lipinski definition) is 2. The van der Waals surface area contributed by atoms with Crippen molar-refractivity contribution in [1.82, 2.24) is 0 Å². The molecule has 0 heterocycles. The fourth-order valence-electron chi connectivity index (χ4n) is 5.51. The zero-order valence-corrected chi connectivity index (χ0v) is 20.1. The number of amides is 1. The lowest BCUT2D eigenvalue weighted by molar-refractivity contribution is -0.0466. The van der Waals surface area contributed by atoms with Gasteiger partial charge in [0.1, 0.15) is 0 Å². The van der Waals surface area contributed by atoms with Crippen molar-refractivity contribution in [1.29, 1.82) is 0 Å². The quantitative estimate of drug-likeness (QED) is 0.612. The van der Waals surface area contributed by atoms with E-state index in [4.69, 9.17) is 11.6 Å². The Morgan fingerprint density at radius 3 is 2.55 bits per heavy atom. The van der Waals surface area contributed by atoms with Crippen molar-refractivity contribution in [3.8, 4) is 0 Å². The average molecular weight is 498 g/mol. The molecule has 2 unspecified atom stereocenters. The van der Waals surface area contributed by atoms with E-state index in [0.29, 0.717) is 12.8 Å². The summed E-state index contributed by atoms with van der Waals surface area (Å²) in [6.45, 7) is 5.15. The molecule has 0 spiro atoms. The molecule has 0 aromatic heterocycles. The Morgan fingerprint density at radius 2 is 1.88 bits per heavy atom. The lowest BCUT2D eigenvalue weighted by atomic mass is 9.74. The number of benzene rings is 2. The molecule has 1 amide bonds. The number of fused-ring (bicyclic) bond motifs is 2. The summed E-state index contributed by atoms with van der Waals surface area (Å²) in [4.78, 5) is 12.6. The number of hydrogen-bond acceptors (Lipinski definition) is 4. The van der Waals surface area contributed by atoms with Crippen LogP contribution in [-0.2, 0) is 9.84 Å². The van der Waals surface area contributed by atoms with Crippen LogP contribution in [0.1, 0.15) is 49.0 Å². The summed E-state index contributed by atoms with van der Waals surface area (Å²) in [6.07, 6.45) is 1.43. The van der Waals surface area contributed by atoms with Crippen molar-refractivity contribution in [2.75, 3.05) is 5.32 Å². The number of sulfone groups is 1. The lowest BCUT2D eigenvalue weighted by Gasteiger charge is -2.40. The van der Waals surface area contributed by atoms with Gasteiger partial charge < -0.3 is 10.4 Å². The first-order valence-electron chi connectivity index (χ1n) is 10.9. The van der Waals surface area contributed by atoms with E-state index >= 15 is 0 Å². The van der Waals surface area contributed by atoms with Crippen molar-refractivity contribution >= 4 is 33.0 Å². The van der Waals surface area contributed by atoms with Gasteiger partial charge in [0, 0.05) is 16.8 Å². The topological polar surface area (TPSA) is 83.5 Å². The minimum atomic E-state index is -3.87. The summed E-state index contributed by atoms with van der Waals surface area (Å²) >= 11 is 6.25. The summed E-state index contributed by atoms with van der Waals surface area (Å²) in [5, 5.41) is 12.6. The molecule has 2 fully saturated rings. The highest BCUT2D eigenvalue weighted by Gasteiger charge is 2.56. The predicted molar refractivity (Wildman–Crippen MR) is 122 cm³/mol. The first kappa shape index (κ1) is 24.1. The first-order chi connectivity index (χ1) is 15.3. The van der Waals surface area contributed by atoms with Gasteiger partial charge in [-0.1, -0.05) is 18.5 Å². The van der Waals surface area contributed by atoms with Crippen LogP contribution in [0, 0.1) is 36.3 Å². The molecule has 2 N–H and O–H groups in total. The summed E-state index contributed by atoms with van der Waals surface area (Å²) in [7, 11) is -3.87. The number of halogens is 3. The molecule has 0 radical (unpaired) electrons. The highest BCUT2D eigenvalue weighted by Crippen LogP contribution is 2.54. The van der Waals surface area contributed by atoms with Crippen LogP contribution in [-0.4, -0.2) is 30.3 Å². The molecule has 2 saturated carbocycles. The normalized spacial score (nSPS) is 29.2. The molecule has 33 heavy (non-hydrogen) atoms. The largest absolute Gasteiger partial charge is 0.390 e. The second kappa shape index (κ2) is 8.32. The third-order valence-electron chi connectivity index (χ3n) is 7.51. The van der Waals surface area contributed by atoms with E-state index < -0.39 is 38.2 Å². The van der Waals surface area contributed by atoms with Crippen molar-refractivity contribution < 1.29 is 27.1 Å². The second-order valence-electron chi connectivity index (χ2n) is 9.51. The maximum atomic E-state index is 13.8. The zero-order valence-electron chi connectivity index (χ0n) is 18.5. The number of anilines is 1. The van der Waals surface area contributed by atoms with Gasteiger partial charge in [-0.3, -0.25) is 4.79 Å². The van der Waals surface area contributed by atoms with E-state index in [1.165, 1.54) is 31.2 Å². The minimum absolute atomic E-state index is 0.00767. The number of aliphatic hydroxyl groups is 1. The van der Waals surface area contributed by atoms with E-state index in [-0.39, 0.29) is 44.5 Å².